The van der Waals surface area contributed by atoms with Gasteiger partial charge in [0.25, 0.3) is 0 Å². The molecule has 5 rings (SSSR count). The van der Waals surface area contributed by atoms with Crippen LogP contribution in [0.5, 0.6) is 5.75 Å². The lowest BCUT2D eigenvalue weighted by atomic mass is 9.92. The van der Waals surface area contributed by atoms with Gasteiger partial charge in [-0.05, 0) is 47.3 Å². The van der Waals surface area contributed by atoms with Crippen molar-refractivity contribution in [3.63, 3.8) is 0 Å². The molecule has 0 amide bonds. The molecule has 0 unspecified atom stereocenters. The van der Waals surface area contributed by atoms with E-state index in [1.807, 2.05) is 0 Å². The second-order valence-corrected chi connectivity index (χ2v) is 7.36. The Morgan fingerprint density at radius 1 is 0.900 bits per heavy atom. The molecule has 0 aliphatic rings. The van der Waals surface area contributed by atoms with Crippen LogP contribution in [0.25, 0.3) is 43.8 Å². The number of hydrogen-bond donors (Lipinski definition) is 2. The third kappa shape index (κ3) is 2.71. The van der Waals surface area contributed by atoms with E-state index in [0.29, 0.717) is 43.8 Å². The molecule has 1 heterocycles. The van der Waals surface area contributed by atoms with Crippen LogP contribution in [0.3, 0.4) is 0 Å². The summed E-state index contributed by atoms with van der Waals surface area (Å²) < 4.78 is 6.13. The molecule has 0 spiro atoms. The molecule has 5 nitrogen and oxygen atoms in total. The maximum Gasteiger partial charge on any atom is 0.336 e. The van der Waals surface area contributed by atoms with Crippen molar-refractivity contribution in [2.24, 2.45) is 0 Å². The molecule has 5 aromatic rings. The van der Waals surface area contributed by atoms with E-state index in [0.717, 1.165) is 0 Å². The average Bonchev–Trinajstić information content (AvgIpc) is 2.73. The largest absolute Gasteiger partial charge is 0.506 e. The van der Waals surface area contributed by atoms with E-state index in [2.05, 4.69) is 0 Å². The molecule has 0 radical (unpaired) electrons. The van der Waals surface area contributed by atoms with Crippen LogP contribution in [-0.2, 0) is 0 Å². The predicted octanol–water partition coefficient (Wildman–Crippen LogP) is 5.82. The average molecular weight is 417 g/mol. The first-order valence-electron chi connectivity index (χ1n) is 9.08. The fourth-order valence-electron chi connectivity index (χ4n) is 3.84. The summed E-state index contributed by atoms with van der Waals surface area (Å²) in [5.41, 5.74) is 1.96. The standard InChI is InChI=1S/C24H13ClO5/c25-19-10-18-21(11-20(19)27)30-23-14-8-6-13(26)9-12(14)5-7-17(23)22(18)15-3-1-2-4-16(15)24(28)29/h1-11,27H,(H,28,29). The van der Waals surface area contributed by atoms with E-state index in [4.69, 9.17) is 16.0 Å². The number of hydrogen-bond acceptors (Lipinski definition) is 4. The van der Waals surface area contributed by atoms with Gasteiger partial charge in [0.2, 0.25) is 0 Å². The van der Waals surface area contributed by atoms with E-state index in [1.54, 1.807) is 42.5 Å². The van der Waals surface area contributed by atoms with Gasteiger partial charge in [0.1, 0.15) is 16.9 Å². The van der Waals surface area contributed by atoms with E-state index < -0.39 is 5.97 Å². The van der Waals surface area contributed by atoms with Crippen molar-refractivity contribution in [2.45, 2.75) is 0 Å². The van der Waals surface area contributed by atoms with Crippen LogP contribution in [0.1, 0.15) is 10.4 Å². The smallest absolute Gasteiger partial charge is 0.336 e. The van der Waals surface area contributed by atoms with Gasteiger partial charge in [-0.1, -0.05) is 35.9 Å². The molecule has 1 aromatic heterocycles. The summed E-state index contributed by atoms with van der Waals surface area (Å²) in [6.45, 7) is 0. The molecule has 30 heavy (non-hydrogen) atoms. The monoisotopic (exact) mass is 416 g/mol. The van der Waals surface area contributed by atoms with Crippen molar-refractivity contribution in [1.82, 2.24) is 0 Å². The Labute approximate surface area is 174 Å². The third-order valence-electron chi connectivity index (χ3n) is 5.17. The maximum atomic E-state index is 11.9. The number of halogens is 1. The number of fused-ring (bicyclic) bond motifs is 4. The Morgan fingerprint density at radius 3 is 2.47 bits per heavy atom. The first kappa shape index (κ1) is 18.2. The van der Waals surface area contributed by atoms with Crippen LogP contribution in [0.15, 0.2) is 75.9 Å². The molecule has 2 N–H and O–H groups in total. The van der Waals surface area contributed by atoms with Crippen LogP contribution in [-0.4, -0.2) is 16.2 Å². The van der Waals surface area contributed by atoms with Crippen LogP contribution < -0.4 is 5.43 Å². The lowest BCUT2D eigenvalue weighted by Crippen LogP contribution is -2.00. The number of carboxylic acids is 1. The van der Waals surface area contributed by atoms with E-state index >= 15 is 0 Å². The summed E-state index contributed by atoms with van der Waals surface area (Å²) in [5, 5.41) is 22.6. The van der Waals surface area contributed by atoms with E-state index in [-0.39, 0.29) is 21.8 Å². The molecule has 0 bridgehead atoms. The zero-order valence-corrected chi connectivity index (χ0v) is 16.1. The Balaban J connectivity index is 2.06. The maximum absolute atomic E-state index is 11.9. The zero-order chi connectivity index (χ0) is 21.0. The molecule has 0 aliphatic heterocycles. The number of aromatic hydroxyl groups is 1. The Kier molecular flexibility index (Phi) is 4.01. The van der Waals surface area contributed by atoms with Gasteiger partial charge in [-0.2, -0.15) is 0 Å². The van der Waals surface area contributed by atoms with Crippen molar-refractivity contribution < 1.29 is 19.4 Å². The molecule has 0 atom stereocenters. The van der Waals surface area contributed by atoms with Gasteiger partial charge in [-0.3, -0.25) is 4.79 Å². The highest BCUT2D eigenvalue weighted by molar-refractivity contribution is 6.33. The summed E-state index contributed by atoms with van der Waals surface area (Å²) in [6, 6.07) is 17.9. The minimum atomic E-state index is -1.06. The first-order chi connectivity index (χ1) is 14.4. The van der Waals surface area contributed by atoms with E-state index in [1.165, 1.54) is 24.3 Å². The van der Waals surface area contributed by atoms with Crippen molar-refractivity contribution in [1.29, 1.82) is 0 Å². The summed E-state index contributed by atoms with van der Waals surface area (Å²) in [7, 11) is 0. The quantitative estimate of drug-likeness (QED) is 0.279. The third-order valence-corrected chi connectivity index (χ3v) is 5.47. The van der Waals surface area contributed by atoms with Gasteiger partial charge in [0, 0.05) is 27.8 Å². The Bertz CT molecular complexity index is 1570. The van der Waals surface area contributed by atoms with E-state index in [9.17, 15) is 19.8 Å². The lowest BCUT2D eigenvalue weighted by Gasteiger charge is -2.15. The second kappa shape index (κ2) is 6.61. The van der Waals surface area contributed by atoms with Gasteiger partial charge in [0.15, 0.2) is 5.43 Å². The zero-order valence-electron chi connectivity index (χ0n) is 15.3. The summed E-state index contributed by atoms with van der Waals surface area (Å²) in [5.74, 6) is -1.21. The highest BCUT2D eigenvalue weighted by atomic mass is 35.5. The highest BCUT2D eigenvalue weighted by Crippen LogP contribution is 2.42. The molecule has 0 saturated heterocycles. The van der Waals surface area contributed by atoms with Crippen molar-refractivity contribution in [3.8, 4) is 16.9 Å². The van der Waals surface area contributed by atoms with Gasteiger partial charge < -0.3 is 14.6 Å². The summed E-state index contributed by atoms with van der Waals surface area (Å²) >= 11 is 6.17. The number of aromatic carboxylic acids is 1. The van der Waals surface area contributed by atoms with Gasteiger partial charge in [-0.25, -0.2) is 4.79 Å². The molecule has 4 aromatic carbocycles. The SMILES string of the molecule is O=C(O)c1ccccc1-c1c2cc(Cl)c(O)cc2oc2c1ccc1cc(=O)ccc12. The minimum absolute atomic E-state index is 0.122. The first-order valence-corrected chi connectivity index (χ1v) is 9.46. The molecular weight excluding hydrogens is 404 g/mol. The topological polar surface area (TPSA) is 87.7 Å². The summed E-state index contributed by atoms with van der Waals surface area (Å²) in [4.78, 5) is 23.7. The van der Waals surface area contributed by atoms with Crippen molar-refractivity contribution in [3.05, 3.63) is 87.5 Å². The number of phenols is 1. The predicted molar refractivity (Wildman–Crippen MR) is 117 cm³/mol. The molecule has 0 aliphatic carbocycles. The second-order valence-electron chi connectivity index (χ2n) is 6.95. The Morgan fingerprint density at radius 2 is 1.67 bits per heavy atom. The number of benzene rings is 4. The fourth-order valence-corrected chi connectivity index (χ4v) is 4.01. The van der Waals surface area contributed by atoms with Gasteiger partial charge in [-0.15, -0.1) is 0 Å². The molecular formula is C24H13ClO5. The summed E-state index contributed by atoms with van der Waals surface area (Å²) in [6.07, 6.45) is 0. The fraction of sp³-hybridized carbons (Fsp3) is 0. The Hall–Kier alpha value is -3.83. The van der Waals surface area contributed by atoms with Crippen LogP contribution in [0, 0.1) is 0 Å². The van der Waals surface area contributed by atoms with Crippen molar-refractivity contribution >= 4 is 50.3 Å². The van der Waals surface area contributed by atoms with Crippen LogP contribution in [0.4, 0.5) is 0 Å². The van der Waals surface area contributed by atoms with Gasteiger partial charge in [0.05, 0.1) is 10.6 Å². The van der Waals surface area contributed by atoms with Crippen molar-refractivity contribution in [2.75, 3.05) is 0 Å². The number of rotatable bonds is 2. The molecule has 146 valence electrons. The lowest BCUT2D eigenvalue weighted by molar-refractivity contribution is 0.0697. The number of carbonyl (C=O) groups is 1. The van der Waals surface area contributed by atoms with Gasteiger partial charge >= 0.3 is 5.97 Å². The highest BCUT2D eigenvalue weighted by Gasteiger charge is 2.20. The molecule has 0 fully saturated rings. The molecule has 6 heteroatoms. The normalized spacial score (nSPS) is 11.4. The van der Waals surface area contributed by atoms with Crippen LogP contribution in [0.2, 0.25) is 5.02 Å². The van der Waals surface area contributed by atoms with Crippen LogP contribution >= 0.6 is 11.6 Å². The number of carboxylic acid groups (broad SMARTS) is 1. The number of phenolic OH excluding ortho intramolecular Hbond substituents is 1. The minimum Gasteiger partial charge on any atom is -0.506 e. The molecule has 0 saturated carbocycles.